The van der Waals surface area contributed by atoms with Gasteiger partial charge in [-0.15, -0.1) is 0 Å². The molecule has 0 saturated carbocycles. The zero-order valence-corrected chi connectivity index (χ0v) is 17.5. The van der Waals surface area contributed by atoms with Crippen LogP contribution in [0, 0.1) is 11.8 Å². The average molecular weight is 393 g/mol. The third-order valence-corrected chi connectivity index (χ3v) is 5.57. The number of hydrogen-bond acceptors (Lipinski definition) is 3. The average Bonchev–Trinajstić information content (AvgIpc) is 2.68. The first-order chi connectivity index (χ1) is 13.5. The molecule has 0 aliphatic heterocycles. The van der Waals surface area contributed by atoms with Crippen LogP contribution in [0.3, 0.4) is 0 Å². The third-order valence-electron chi connectivity index (χ3n) is 5.57. The second-order valence-corrected chi connectivity index (χ2v) is 8.02. The summed E-state index contributed by atoms with van der Waals surface area (Å²) in [5, 5.41) is 29.3. The summed E-state index contributed by atoms with van der Waals surface area (Å²) in [6.07, 6.45) is 22.3. The molecule has 4 atom stereocenters. The maximum atomic E-state index is 10.6. The van der Waals surface area contributed by atoms with E-state index >= 15 is 0 Å². The van der Waals surface area contributed by atoms with E-state index in [0.717, 1.165) is 25.7 Å². The van der Waals surface area contributed by atoms with Crippen molar-refractivity contribution in [3.63, 3.8) is 0 Å². The van der Waals surface area contributed by atoms with Crippen molar-refractivity contribution in [3.05, 3.63) is 36.5 Å². The van der Waals surface area contributed by atoms with Gasteiger partial charge in [0, 0.05) is 6.42 Å². The van der Waals surface area contributed by atoms with Crippen molar-refractivity contribution < 1.29 is 20.1 Å². The molecule has 160 valence electrons. The zero-order chi connectivity index (χ0) is 20.6. The highest BCUT2D eigenvalue weighted by molar-refractivity contribution is 5.66. The summed E-state index contributed by atoms with van der Waals surface area (Å²) in [5.74, 6) is -0.418. The predicted octanol–water partition coefficient (Wildman–Crippen LogP) is 5.41. The lowest BCUT2D eigenvalue weighted by Gasteiger charge is -2.30. The number of carbonyl (C=O) groups is 1. The molecule has 0 aromatic rings. The second-order valence-electron chi connectivity index (χ2n) is 8.02. The van der Waals surface area contributed by atoms with Crippen molar-refractivity contribution in [2.24, 2.45) is 11.8 Å². The molecule has 28 heavy (non-hydrogen) atoms. The summed E-state index contributed by atoms with van der Waals surface area (Å²) in [6, 6.07) is 0. The van der Waals surface area contributed by atoms with Gasteiger partial charge in [-0.05, 0) is 43.9 Å². The van der Waals surface area contributed by atoms with Crippen LogP contribution in [0.2, 0.25) is 0 Å². The van der Waals surface area contributed by atoms with Gasteiger partial charge < -0.3 is 15.3 Å². The highest BCUT2D eigenvalue weighted by atomic mass is 16.4. The normalized spacial score (nSPS) is 22.1. The van der Waals surface area contributed by atoms with E-state index < -0.39 is 12.1 Å². The summed E-state index contributed by atoms with van der Waals surface area (Å²) >= 11 is 0. The SMILES string of the molecule is CCCCCCCCC(O)C=CC=C[C@H]1CC=CC[C@H]1C(O)CCCC(=O)O. The minimum atomic E-state index is -0.808. The minimum absolute atomic E-state index is 0.110. The van der Waals surface area contributed by atoms with Crippen LogP contribution in [0.4, 0.5) is 0 Å². The molecule has 0 bridgehead atoms. The Morgan fingerprint density at radius 2 is 1.71 bits per heavy atom. The first-order valence-corrected chi connectivity index (χ1v) is 11.1. The molecule has 0 fully saturated rings. The molecule has 0 radical (unpaired) electrons. The van der Waals surface area contributed by atoms with Crippen molar-refractivity contribution >= 4 is 5.97 Å². The molecule has 2 unspecified atom stereocenters. The summed E-state index contributed by atoms with van der Waals surface area (Å²) in [6.45, 7) is 2.22. The molecule has 0 heterocycles. The number of aliphatic hydroxyl groups excluding tert-OH is 2. The van der Waals surface area contributed by atoms with E-state index in [2.05, 4.69) is 25.2 Å². The molecule has 1 rings (SSSR count). The van der Waals surface area contributed by atoms with Crippen LogP contribution in [0.25, 0.3) is 0 Å². The topological polar surface area (TPSA) is 77.8 Å². The van der Waals surface area contributed by atoms with Crippen LogP contribution in [0.1, 0.15) is 84.0 Å². The van der Waals surface area contributed by atoms with Gasteiger partial charge >= 0.3 is 5.97 Å². The van der Waals surface area contributed by atoms with Crippen LogP contribution in [0.5, 0.6) is 0 Å². The Morgan fingerprint density at radius 1 is 1.00 bits per heavy atom. The Hall–Kier alpha value is -1.39. The van der Waals surface area contributed by atoms with Gasteiger partial charge in [-0.2, -0.15) is 0 Å². The van der Waals surface area contributed by atoms with E-state index in [1.807, 2.05) is 18.2 Å². The van der Waals surface area contributed by atoms with Crippen LogP contribution in [-0.2, 0) is 4.79 Å². The number of allylic oxidation sites excluding steroid dienone is 5. The number of aliphatic hydroxyl groups is 2. The predicted molar refractivity (Wildman–Crippen MR) is 115 cm³/mol. The number of hydrogen-bond donors (Lipinski definition) is 3. The number of unbranched alkanes of at least 4 members (excludes halogenated alkanes) is 5. The van der Waals surface area contributed by atoms with Gasteiger partial charge in [-0.1, -0.05) is 81.9 Å². The van der Waals surface area contributed by atoms with Gasteiger partial charge in [0.25, 0.3) is 0 Å². The summed E-state index contributed by atoms with van der Waals surface area (Å²) in [7, 11) is 0. The smallest absolute Gasteiger partial charge is 0.303 e. The quantitative estimate of drug-likeness (QED) is 0.198. The van der Waals surface area contributed by atoms with Crippen molar-refractivity contribution in [1.82, 2.24) is 0 Å². The molecular weight excluding hydrogens is 352 g/mol. The molecule has 4 heteroatoms. The molecule has 0 aromatic carbocycles. The van der Waals surface area contributed by atoms with E-state index in [1.54, 1.807) is 0 Å². The molecule has 1 aliphatic carbocycles. The summed E-state index contributed by atoms with van der Waals surface area (Å²) < 4.78 is 0. The van der Waals surface area contributed by atoms with Crippen molar-refractivity contribution in [2.75, 3.05) is 0 Å². The Morgan fingerprint density at radius 3 is 2.46 bits per heavy atom. The fourth-order valence-electron chi connectivity index (χ4n) is 3.83. The molecule has 4 nitrogen and oxygen atoms in total. The Bertz CT molecular complexity index is 495. The third kappa shape index (κ3) is 11.5. The fourth-order valence-corrected chi connectivity index (χ4v) is 3.83. The molecular formula is C24H40O4. The van der Waals surface area contributed by atoms with Gasteiger partial charge in [0.15, 0.2) is 0 Å². The zero-order valence-electron chi connectivity index (χ0n) is 17.5. The number of carboxylic acids is 1. The van der Waals surface area contributed by atoms with E-state index in [-0.39, 0.29) is 24.4 Å². The molecule has 3 N–H and O–H groups in total. The van der Waals surface area contributed by atoms with Crippen molar-refractivity contribution in [3.8, 4) is 0 Å². The first-order valence-electron chi connectivity index (χ1n) is 11.1. The maximum absolute atomic E-state index is 10.6. The van der Waals surface area contributed by atoms with E-state index in [1.165, 1.54) is 32.1 Å². The molecule has 0 amide bonds. The van der Waals surface area contributed by atoms with Gasteiger partial charge in [-0.3, -0.25) is 4.79 Å². The van der Waals surface area contributed by atoms with E-state index in [9.17, 15) is 15.0 Å². The number of rotatable bonds is 15. The molecule has 0 aromatic heterocycles. The molecule has 1 aliphatic rings. The number of carboxylic acid groups (broad SMARTS) is 1. The van der Waals surface area contributed by atoms with E-state index in [0.29, 0.717) is 12.8 Å². The monoisotopic (exact) mass is 392 g/mol. The lowest BCUT2D eigenvalue weighted by atomic mass is 9.78. The summed E-state index contributed by atoms with van der Waals surface area (Å²) in [5.41, 5.74) is 0. The lowest BCUT2D eigenvalue weighted by molar-refractivity contribution is -0.137. The van der Waals surface area contributed by atoms with Gasteiger partial charge in [0.2, 0.25) is 0 Å². The van der Waals surface area contributed by atoms with Crippen LogP contribution in [0.15, 0.2) is 36.5 Å². The van der Waals surface area contributed by atoms with Gasteiger partial charge in [0.1, 0.15) is 0 Å². The van der Waals surface area contributed by atoms with E-state index in [4.69, 9.17) is 5.11 Å². The van der Waals surface area contributed by atoms with Crippen LogP contribution >= 0.6 is 0 Å². The molecule has 0 spiro atoms. The lowest BCUT2D eigenvalue weighted by Crippen LogP contribution is -2.28. The summed E-state index contributed by atoms with van der Waals surface area (Å²) in [4.78, 5) is 10.6. The fraction of sp³-hybridized carbons (Fsp3) is 0.708. The Labute approximate surface area is 171 Å². The maximum Gasteiger partial charge on any atom is 0.303 e. The molecule has 0 saturated heterocycles. The van der Waals surface area contributed by atoms with Crippen LogP contribution < -0.4 is 0 Å². The largest absolute Gasteiger partial charge is 0.481 e. The van der Waals surface area contributed by atoms with Crippen molar-refractivity contribution in [1.29, 1.82) is 0 Å². The number of aliphatic carboxylic acids is 1. The Balaban J connectivity index is 2.33. The highest BCUT2D eigenvalue weighted by Crippen LogP contribution is 2.31. The van der Waals surface area contributed by atoms with Crippen LogP contribution in [-0.4, -0.2) is 33.5 Å². The first kappa shape index (κ1) is 24.6. The second kappa shape index (κ2) is 15.5. The van der Waals surface area contributed by atoms with Gasteiger partial charge in [0.05, 0.1) is 12.2 Å². The Kier molecular flexibility index (Phi) is 13.7. The minimum Gasteiger partial charge on any atom is -0.481 e. The van der Waals surface area contributed by atoms with Gasteiger partial charge in [-0.25, -0.2) is 0 Å². The highest BCUT2D eigenvalue weighted by Gasteiger charge is 2.26. The standard InChI is InChI=1S/C24H40O4/c1-2-3-4-5-6-7-15-21(25)16-10-8-13-20-14-9-11-17-22(20)23(26)18-12-19-24(27)28/h8-11,13,16,20-23,25-26H,2-7,12,14-15,17-19H2,1H3,(H,27,28)/t20-,21?,22+,23?/m0/s1. The van der Waals surface area contributed by atoms with Crippen molar-refractivity contribution in [2.45, 2.75) is 96.2 Å².